The van der Waals surface area contributed by atoms with E-state index in [4.69, 9.17) is 4.74 Å². The Balaban J connectivity index is 0.000000704. The third kappa shape index (κ3) is 3.20. The highest BCUT2D eigenvalue weighted by atomic mass is 79.9. The highest BCUT2D eigenvalue weighted by molar-refractivity contribution is 9.11. The van der Waals surface area contributed by atoms with Gasteiger partial charge in [0.05, 0.1) is 12.8 Å². The molecule has 1 saturated carbocycles. The molecule has 108 valence electrons. The zero-order valence-corrected chi connectivity index (χ0v) is 14.1. The van der Waals surface area contributed by atoms with E-state index < -0.39 is 0 Å². The van der Waals surface area contributed by atoms with Crippen LogP contribution in [0.25, 0.3) is 11.3 Å². The number of aromatic nitrogens is 1. The number of thiazole rings is 1. The number of ether oxygens (including phenoxy) is 1. The van der Waals surface area contributed by atoms with E-state index in [2.05, 4.69) is 20.9 Å². The summed E-state index contributed by atoms with van der Waals surface area (Å²) in [5.74, 6) is 0.804. The maximum absolute atomic E-state index is 14.1. The molecule has 0 amide bonds. The van der Waals surface area contributed by atoms with Crippen molar-refractivity contribution in [3.05, 3.63) is 32.8 Å². The number of benzene rings is 1. The second-order valence-electron chi connectivity index (χ2n) is 4.30. The predicted octanol–water partition coefficient (Wildman–Crippen LogP) is 5.62. The van der Waals surface area contributed by atoms with Gasteiger partial charge >= 0.3 is 0 Å². The molecule has 2 nitrogen and oxygen atoms in total. The van der Waals surface area contributed by atoms with Crippen molar-refractivity contribution in [2.45, 2.75) is 32.6 Å². The fourth-order valence-corrected chi connectivity index (χ4v) is 3.61. The summed E-state index contributed by atoms with van der Waals surface area (Å²) in [6, 6.07) is 4.91. The number of hydrogen-bond acceptors (Lipinski definition) is 3. The fraction of sp³-hybridized carbons (Fsp3) is 0.400. The Kier molecular flexibility index (Phi) is 5.16. The molecule has 0 aliphatic heterocycles. The highest BCUT2D eigenvalue weighted by Gasteiger charge is 2.30. The van der Waals surface area contributed by atoms with E-state index in [1.54, 1.807) is 23.5 Å². The van der Waals surface area contributed by atoms with Crippen molar-refractivity contribution in [1.82, 2.24) is 4.98 Å². The van der Waals surface area contributed by atoms with Crippen molar-refractivity contribution in [2.75, 3.05) is 7.11 Å². The maximum atomic E-state index is 14.1. The van der Waals surface area contributed by atoms with Gasteiger partial charge in [-0.2, -0.15) is 0 Å². The average Bonchev–Trinajstić information content (AvgIpc) is 3.24. The van der Waals surface area contributed by atoms with Gasteiger partial charge in [-0.05, 0) is 46.8 Å². The normalized spacial score (nSPS) is 13.7. The van der Waals surface area contributed by atoms with Gasteiger partial charge in [-0.15, -0.1) is 11.3 Å². The molecular weight excluding hydrogens is 341 g/mol. The summed E-state index contributed by atoms with van der Waals surface area (Å²) in [5, 5.41) is 0. The summed E-state index contributed by atoms with van der Waals surface area (Å²) < 4.78 is 19.9. The minimum atomic E-state index is -0.283. The van der Waals surface area contributed by atoms with Crippen LogP contribution in [-0.4, -0.2) is 12.1 Å². The largest absolute Gasteiger partial charge is 0.497 e. The smallest absolute Gasteiger partial charge is 0.160 e. The lowest BCUT2D eigenvalue weighted by molar-refractivity contribution is 0.411. The standard InChI is InChI=1S/C13H11BrFNOS.C2H6/c1-17-8-4-5-9(10(15)6-8)11-12(7-2-3-7)18-13(14)16-11;1-2/h4-7H,2-3H2,1H3;1-2H3. The molecule has 0 bridgehead atoms. The Morgan fingerprint density at radius 3 is 2.60 bits per heavy atom. The van der Waals surface area contributed by atoms with Crippen molar-refractivity contribution in [3.8, 4) is 17.0 Å². The van der Waals surface area contributed by atoms with Crippen molar-refractivity contribution in [3.63, 3.8) is 0 Å². The molecule has 1 aliphatic rings. The number of halogens is 2. The summed E-state index contributed by atoms with van der Waals surface area (Å²) in [6.45, 7) is 4.00. The minimum absolute atomic E-state index is 0.283. The van der Waals surface area contributed by atoms with E-state index in [1.165, 1.54) is 30.9 Å². The average molecular weight is 358 g/mol. The summed E-state index contributed by atoms with van der Waals surface area (Å²) >= 11 is 5.00. The Labute approximate surface area is 131 Å². The van der Waals surface area contributed by atoms with Crippen LogP contribution in [0.1, 0.15) is 37.5 Å². The molecule has 1 aromatic carbocycles. The van der Waals surface area contributed by atoms with Crippen LogP contribution < -0.4 is 4.74 Å². The van der Waals surface area contributed by atoms with Crippen molar-refractivity contribution in [2.24, 2.45) is 0 Å². The molecule has 0 spiro atoms. The summed E-state index contributed by atoms with van der Waals surface area (Å²) in [7, 11) is 1.53. The van der Waals surface area contributed by atoms with Gasteiger partial charge in [-0.3, -0.25) is 0 Å². The molecular formula is C15H17BrFNOS. The van der Waals surface area contributed by atoms with E-state index in [9.17, 15) is 4.39 Å². The monoisotopic (exact) mass is 357 g/mol. The van der Waals surface area contributed by atoms with E-state index in [0.29, 0.717) is 17.2 Å². The third-order valence-corrected chi connectivity index (χ3v) is 4.68. The first-order valence-corrected chi connectivity index (χ1v) is 8.30. The first kappa shape index (κ1) is 15.4. The molecule has 0 radical (unpaired) electrons. The molecule has 0 N–H and O–H groups in total. The van der Waals surface area contributed by atoms with Crippen LogP contribution in [0.2, 0.25) is 0 Å². The van der Waals surface area contributed by atoms with Gasteiger partial charge < -0.3 is 4.74 Å². The van der Waals surface area contributed by atoms with E-state index in [-0.39, 0.29) is 5.82 Å². The second kappa shape index (κ2) is 6.68. The van der Waals surface area contributed by atoms with Crippen molar-refractivity contribution >= 4 is 27.3 Å². The maximum Gasteiger partial charge on any atom is 0.160 e. The molecule has 1 fully saturated rings. The zero-order valence-electron chi connectivity index (χ0n) is 11.7. The van der Waals surface area contributed by atoms with Crippen molar-refractivity contribution < 1.29 is 9.13 Å². The van der Waals surface area contributed by atoms with Crippen LogP contribution in [0.3, 0.4) is 0 Å². The van der Waals surface area contributed by atoms with Gasteiger partial charge in [0.2, 0.25) is 0 Å². The number of nitrogens with zero attached hydrogens (tertiary/aromatic N) is 1. The molecule has 1 aliphatic carbocycles. The summed E-state index contributed by atoms with van der Waals surface area (Å²) in [4.78, 5) is 5.60. The van der Waals surface area contributed by atoms with Gasteiger partial charge in [0, 0.05) is 16.5 Å². The lowest BCUT2D eigenvalue weighted by Gasteiger charge is -2.05. The molecule has 5 heteroatoms. The van der Waals surface area contributed by atoms with Gasteiger partial charge in [0.15, 0.2) is 3.92 Å². The lowest BCUT2D eigenvalue weighted by atomic mass is 10.1. The molecule has 1 heterocycles. The van der Waals surface area contributed by atoms with E-state index >= 15 is 0 Å². The number of rotatable bonds is 3. The van der Waals surface area contributed by atoms with Gasteiger partial charge in [-0.1, -0.05) is 13.8 Å². The fourth-order valence-electron chi connectivity index (χ4n) is 1.93. The highest BCUT2D eigenvalue weighted by Crippen LogP contribution is 2.48. The Hall–Kier alpha value is -0.940. The third-order valence-electron chi connectivity index (χ3n) is 3.01. The van der Waals surface area contributed by atoms with E-state index in [1.807, 2.05) is 13.8 Å². The number of methoxy groups -OCH3 is 1. The molecule has 20 heavy (non-hydrogen) atoms. The van der Waals surface area contributed by atoms with E-state index in [0.717, 1.165) is 9.61 Å². The second-order valence-corrected chi connectivity index (χ2v) is 6.61. The van der Waals surface area contributed by atoms with Crippen LogP contribution in [-0.2, 0) is 0 Å². The molecule has 1 aromatic heterocycles. The summed E-state index contributed by atoms with van der Waals surface area (Å²) in [5.41, 5.74) is 1.33. The van der Waals surface area contributed by atoms with Gasteiger partial charge in [0.25, 0.3) is 0 Å². The molecule has 2 aromatic rings. The Morgan fingerprint density at radius 1 is 1.35 bits per heavy atom. The van der Waals surface area contributed by atoms with Crippen LogP contribution >= 0.6 is 27.3 Å². The van der Waals surface area contributed by atoms with Crippen LogP contribution in [0.4, 0.5) is 4.39 Å². The van der Waals surface area contributed by atoms with Crippen LogP contribution in [0.15, 0.2) is 22.1 Å². The first-order chi connectivity index (χ1) is 9.69. The van der Waals surface area contributed by atoms with Gasteiger partial charge in [0.1, 0.15) is 11.6 Å². The Morgan fingerprint density at radius 2 is 2.05 bits per heavy atom. The van der Waals surface area contributed by atoms with Gasteiger partial charge in [-0.25, -0.2) is 9.37 Å². The first-order valence-electron chi connectivity index (χ1n) is 6.69. The Bertz CT molecular complexity index is 596. The molecule has 0 saturated heterocycles. The van der Waals surface area contributed by atoms with Crippen LogP contribution in [0.5, 0.6) is 5.75 Å². The quantitative estimate of drug-likeness (QED) is 0.710. The molecule has 0 unspecified atom stereocenters. The molecule has 0 atom stereocenters. The topological polar surface area (TPSA) is 22.1 Å². The molecule has 3 rings (SSSR count). The number of hydrogen-bond donors (Lipinski definition) is 0. The minimum Gasteiger partial charge on any atom is -0.497 e. The zero-order chi connectivity index (χ0) is 14.7. The van der Waals surface area contributed by atoms with Crippen molar-refractivity contribution in [1.29, 1.82) is 0 Å². The lowest BCUT2D eigenvalue weighted by Crippen LogP contribution is -1.90. The van der Waals surface area contributed by atoms with Crippen LogP contribution in [0, 0.1) is 5.82 Å². The SMILES string of the molecule is CC.COc1ccc(-c2nc(Br)sc2C2CC2)c(F)c1. The summed E-state index contributed by atoms with van der Waals surface area (Å²) in [6.07, 6.45) is 2.36. The predicted molar refractivity (Wildman–Crippen MR) is 85.1 cm³/mol.